The first kappa shape index (κ1) is 12.9. The summed E-state index contributed by atoms with van der Waals surface area (Å²) in [6.45, 7) is 0. The van der Waals surface area contributed by atoms with Gasteiger partial charge >= 0.3 is 0 Å². The van der Waals surface area contributed by atoms with Crippen molar-refractivity contribution < 1.29 is 4.39 Å². The molecule has 3 atom stereocenters. The van der Waals surface area contributed by atoms with Crippen LogP contribution in [0.25, 0.3) is 0 Å². The second-order valence-electron chi connectivity index (χ2n) is 5.73. The van der Waals surface area contributed by atoms with E-state index in [1.165, 1.54) is 11.6 Å². The van der Waals surface area contributed by atoms with Gasteiger partial charge in [0.15, 0.2) is 0 Å². The summed E-state index contributed by atoms with van der Waals surface area (Å²) in [5.74, 6) is 0.510. The highest BCUT2D eigenvalue weighted by molar-refractivity contribution is 6.30. The Hall–Kier alpha value is -1.80. The Kier molecular flexibility index (Phi) is 3.00. The first-order valence-electron chi connectivity index (χ1n) is 7.21. The monoisotopic (exact) mass is 299 g/mol. The molecule has 0 saturated heterocycles. The fourth-order valence-electron chi connectivity index (χ4n) is 3.60. The van der Waals surface area contributed by atoms with Crippen LogP contribution < -0.4 is 5.32 Å². The van der Waals surface area contributed by atoms with Gasteiger partial charge in [-0.25, -0.2) is 4.39 Å². The SMILES string of the molecule is Fc1ccccc1[C@@H]1Nc2ccc(Cl)cc2[C@@H]2C=CC[C@@H]21. The van der Waals surface area contributed by atoms with Gasteiger partial charge in [0.25, 0.3) is 0 Å². The summed E-state index contributed by atoms with van der Waals surface area (Å²) in [7, 11) is 0. The number of nitrogens with one attached hydrogen (secondary N) is 1. The second-order valence-corrected chi connectivity index (χ2v) is 6.17. The molecule has 0 amide bonds. The zero-order chi connectivity index (χ0) is 14.4. The van der Waals surface area contributed by atoms with Crippen LogP contribution in [0.5, 0.6) is 0 Å². The average molecular weight is 300 g/mol. The Morgan fingerprint density at radius 3 is 2.81 bits per heavy atom. The Morgan fingerprint density at radius 1 is 1.10 bits per heavy atom. The van der Waals surface area contributed by atoms with Crippen molar-refractivity contribution in [2.24, 2.45) is 5.92 Å². The second kappa shape index (κ2) is 4.88. The molecule has 0 unspecified atom stereocenters. The van der Waals surface area contributed by atoms with Crippen LogP contribution in [-0.4, -0.2) is 0 Å². The highest BCUT2D eigenvalue weighted by Crippen LogP contribution is 2.50. The Bertz CT molecular complexity index is 725. The molecule has 4 rings (SSSR count). The molecular weight excluding hydrogens is 285 g/mol. The van der Waals surface area contributed by atoms with Crippen molar-refractivity contribution >= 4 is 17.3 Å². The fourth-order valence-corrected chi connectivity index (χ4v) is 3.78. The van der Waals surface area contributed by atoms with Crippen molar-refractivity contribution in [2.75, 3.05) is 5.32 Å². The van der Waals surface area contributed by atoms with E-state index in [2.05, 4.69) is 17.5 Å². The number of allylic oxidation sites excluding steroid dienone is 2. The Balaban J connectivity index is 1.82. The summed E-state index contributed by atoms with van der Waals surface area (Å²) in [4.78, 5) is 0. The van der Waals surface area contributed by atoms with Crippen molar-refractivity contribution in [3.8, 4) is 0 Å². The summed E-state index contributed by atoms with van der Waals surface area (Å²) in [6.07, 6.45) is 5.39. The lowest BCUT2D eigenvalue weighted by Crippen LogP contribution is -2.29. The molecule has 2 aromatic rings. The highest BCUT2D eigenvalue weighted by atomic mass is 35.5. The van der Waals surface area contributed by atoms with E-state index in [9.17, 15) is 4.39 Å². The van der Waals surface area contributed by atoms with E-state index in [1.54, 1.807) is 6.07 Å². The minimum Gasteiger partial charge on any atom is -0.378 e. The zero-order valence-corrected chi connectivity index (χ0v) is 12.1. The third-order valence-corrected chi connectivity index (χ3v) is 4.80. The predicted molar refractivity (Wildman–Crippen MR) is 84.2 cm³/mol. The summed E-state index contributed by atoms with van der Waals surface area (Å²) in [5.41, 5.74) is 3.02. The summed E-state index contributed by atoms with van der Waals surface area (Å²) < 4.78 is 14.2. The molecule has 1 nitrogen and oxygen atoms in total. The maximum atomic E-state index is 14.2. The number of hydrogen-bond acceptors (Lipinski definition) is 1. The zero-order valence-electron chi connectivity index (χ0n) is 11.4. The highest BCUT2D eigenvalue weighted by Gasteiger charge is 2.38. The van der Waals surface area contributed by atoms with Crippen molar-refractivity contribution in [1.82, 2.24) is 0 Å². The third kappa shape index (κ3) is 2.06. The Morgan fingerprint density at radius 2 is 1.95 bits per heavy atom. The van der Waals surface area contributed by atoms with Gasteiger partial charge in [-0.3, -0.25) is 0 Å². The third-order valence-electron chi connectivity index (χ3n) is 4.57. The van der Waals surface area contributed by atoms with Gasteiger partial charge in [-0.15, -0.1) is 0 Å². The van der Waals surface area contributed by atoms with E-state index in [1.807, 2.05) is 30.3 Å². The largest absolute Gasteiger partial charge is 0.378 e. The van der Waals surface area contributed by atoms with Gasteiger partial charge in [-0.1, -0.05) is 42.0 Å². The van der Waals surface area contributed by atoms with E-state index in [-0.39, 0.29) is 11.9 Å². The molecule has 21 heavy (non-hydrogen) atoms. The summed E-state index contributed by atoms with van der Waals surface area (Å²) >= 11 is 6.13. The molecule has 1 heterocycles. The maximum absolute atomic E-state index is 14.2. The van der Waals surface area contributed by atoms with E-state index < -0.39 is 0 Å². The van der Waals surface area contributed by atoms with Crippen LogP contribution in [0, 0.1) is 11.7 Å². The number of anilines is 1. The molecule has 0 aromatic heterocycles. The lowest BCUT2D eigenvalue weighted by atomic mass is 9.77. The van der Waals surface area contributed by atoms with Crippen LogP contribution >= 0.6 is 11.6 Å². The minimum absolute atomic E-state index is 0.000115. The fraction of sp³-hybridized carbons (Fsp3) is 0.222. The maximum Gasteiger partial charge on any atom is 0.128 e. The summed E-state index contributed by atoms with van der Waals surface area (Å²) in [5, 5.41) is 4.26. The van der Waals surface area contributed by atoms with Crippen LogP contribution in [0.2, 0.25) is 5.02 Å². The van der Waals surface area contributed by atoms with Crippen LogP contribution in [0.4, 0.5) is 10.1 Å². The smallest absolute Gasteiger partial charge is 0.128 e. The van der Waals surface area contributed by atoms with E-state index >= 15 is 0 Å². The average Bonchev–Trinajstić information content (AvgIpc) is 2.97. The van der Waals surface area contributed by atoms with Gasteiger partial charge in [-0.05, 0) is 42.2 Å². The summed E-state index contributed by atoms with van der Waals surface area (Å²) in [6, 6.07) is 12.9. The number of benzene rings is 2. The standard InChI is InChI=1S/C18H15ClFN/c19-11-8-9-17-15(10-11)12-5-3-6-13(12)18(21-17)14-4-1-2-7-16(14)20/h1-5,7-10,12-13,18,21H,6H2/t12-,13+,18-/m1/s1. The van der Waals surface area contributed by atoms with Crippen molar-refractivity contribution in [3.63, 3.8) is 0 Å². The predicted octanol–water partition coefficient (Wildman–Crippen LogP) is 5.31. The topological polar surface area (TPSA) is 12.0 Å². The first-order valence-corrected chi connectivity index (χ1v) is 7.59. The molecule has 1 N–H and O–H groups in total. The molecule has 0 fully saturated rings. The minimum atomic E-state index is -0.141. The molecule has 0 bridgehead atoms. The molecule has 2 aliphatic rings. The quantitative estimate of drug-likeness (QED) is 0.704. The molecule has 1 aliphatic carbocycles. The lowest BCUT2D eigenvalue weighted by Gasteiger charge is -2.37. The molecule has 1 aliphatic heterocycles. The van der Waals surface area contributed by atoms with Gasteiger partial charge in [0.1, 0.15) is 5.82 Å². The van der Waals surface area contributed by atoms with Gasteiger partial charge < -0.3 is 5.32 Å². The van der Waals surface area contributed by atoms with Gasteiger partial charge in [-0.2, -0.15) is 0 Å². The van der Waals surface area contributed by atoms with Crippen LogP contribution in [0.3, 0.4) is 0 Å². The molecule has 0 spiro atoms. The van der Waals surface area contributed by atoms with Gasteiger partial charge in [0, 0.05) is 22.2 Å². The Labute approximate surface area is 128 Å². The van der Waals surface area contributed by atoms with Crippen LogP contribution in [-0.2, 0) is 0 Å². The van der Waals surface area contributed by atoms with Gasteiger partial charge in [0.2, 0.25) is 0 Å². The van der Waals surface area contributed by atoms with E-state index in [0.29, 0.717) is 11.8 Å². The lowest BCUT2D eigenvalue weighted by molar-refractivity contribution is 0.413. The van der Waals surface area contributed by atoms with Crippen LogP contribution in [0.1, 0.15) is 29.5 Å². The van der Waals surface area contributed by atoms with Gasteiger partial charge in [0.05, 0.1) is 6.04 Å². The number of fused-ring (bicyclic) bond motifs is 3. The molecule has 2 aromatic carbocycles. The molecule has 0 radical (unpaired) electrons. The number of hydrogen-bond donors (Lipinski definition) is 1. The van der Waals surface area contributed by atoms with Crippen molar-refractivity contribution in [1.29, 1.82) is 0 Å². The van der Waals surface area contributed by atoms with Crippen molar-refractivity contribution in [2.45, 2.75) is 18.4 Å². The number of rotatable bonds is 1. The molecule has 3 heteroatoms. The normalized spacial score (nSPS) is 26.1. The first-order chi connectivity index (χ1) is 10.2. The molecule has 0 saturated carbocycles. The van der Waals surface area contributed by atoms with E-state index in [4.69, 9.17) is 11.6 Å². The molecular formula is C18H15ClFN. The number of halogens is 2. The molecule has 106 valence electrons. The van der Waals surface area contributed by atoms with Crippen molar-refractivity contribution in [3.05, 3.63) is 76.6 Å². The van der Waals surface area contributed by atoms with E-state index in [0.717, 1.165) is 22.7 Å². The van der Waals surface area contributed by atoms with Crippen LogP contribution in [0.15, 0.2) is 54.6 Å².